The fourth-order valence-corrected chi connectivity index (χ4v) is 11.7. The molecule has 0 radical (unpaired) electrons. The first-order valence-corrected chi connectivity index (χ1v) is 14.9. The van der Waals surface area contributed by atoms with Gasteiger partial charge >= 0.3 is 0 Å². The highest BCUT2D eigenvalue weighted by molar-refractivity contribution is 8.20. The van der Waals surface area contributed by atoms with Crippen LogP contribution in [0.5, 0.6) is 0 Å². The van der Waals surface area contributed by atoms with E-state index in [1.54, 1.807) is 23.5 Å². The van der Waals surface area contributed by atoms with Gasteiger partial charge in [0.05, 0.1) is 11.2 Å². The quantitative estimate of drug-likeness (QED) is 0.395. The lowest BCUT2D eigenvalue weighted by Crippen LogP contribution is -2.67. The van der Waals surface area contributed by atoms with Crippen LogP contribution in [0.3, 0.4) is 0 Å². The third kappa shape index (κ3) is 5.44. The molecule has 1 heterocycles. The monoisotopic (exact) mass is 494 g/mol. The van der Waals surface area contributed by atoms with E-state index in [0.29, 0.717) is 0 Å². The van der Waals surface area contributed by atoms with Gasteiger partial charge in [-0.1, -0.05) is 81.4 Å². The molecular formula is C24H34O5S2Si. The smallest absolute Gasteiger partial charge is 0.261 e. The van der Waals surface area contributed by atoms with Crippen LogP contribution in [0.1, 0.15) is 20.8 Å². The number of thioether (sulfide) groups is 2. The molecule has 4 atom stereocenters. The van der Waals surface area contributed by atoms with E-state index in [2.05, 4.69) is 45.0 Å². The van der Waals surface area contributed by atoms with Gasteiger partial charge in [0.25, 0.3) is 8.32 Å². The van der Waals surface area contributed by atoms with Crippen LogP contribution < -0.4 is 10.4 Å². The number of aliphatic hydroxyl groups excluding tert-OH is 4. The number of hydrogen-bond donors (Lipinski definition) is 4. The van der Waals surface area contributed by atoms with Crippen LogP contribution in [-0.2, 0) is 4.43 Å². The van der Waals surface area contributed by atoms with E-state index >= 15 is 0 Å². The summed E-state index contributed by atoms with van der Waals surface area (Å²) in [6.07, 6.45) is -5.41. The molecule has 176 valence electrons. The zero-order valence-corrected chi connectivity index (χ0v) is 21.4. The molecule has 0 amide bonds. The zero-order valence-electron chi connectivity index (χ0n) is 18.8. The molecule has 4 N–H and O–H groups in total. The minimum atomic E-state index is -2.87. The first-order chi connectivity index (χ1) is 15.2. The molecule has 0 saturated carbocycles. The Balaban J connectivity index is 1.85. The van der Waals surface area contributed by atoms with Crippen molar-refractivity contribution in [1.82, 2.24) is 0 Å². The Morgan fingerprint density at radius 3 is 1.75 bits per heavy atom. The van der Waals surface area contributed by atoms with Gasteiger partial charge in [0.15, 0.2) is 0 Å². The predicted molar refractivity (Wildman–Crippen MR) is 136 cm³/mol. The first kappa shape index (κ1) is 25.8. The Hall–Kier alpha value is -0.843. The van der Waals surface area contributed by atoms with E-state index in [-0.39, 0.29) is 16.2 Å². The Morgan fingerprint density at radius 2 is 1.31 bits per heavy atom. The molecule has 0 spiro atoms. The second-order valence-electron chi connectivity index (χ2n) is 9.12. The Morgan fingerprint density at radius 1 is 0.844 bits per heavy atom. The van der Waals surface area contributed by atoms with E-state index in [4.69, 9.17) is 4.43 Å². The zero-order chi connectivity index (χ0) is 23.4. The lowest BCUT2D eigenvalue weighted by atomic mass is 10.0. The van der Waals surface area contributed by atoms with Crippen LogP contribution in [0.2, 0.25) is 5.04 Å². The maximum Gasteiger partial charge on any atom is 0.261 e. The molecular weight excluding hydrogens is 460 g/mol. The lowest BCUT2D eigenvalue weighted by molar-refractivity contribution is -0.109. The van der Waals surface area contributed by atoms with Crippen LogP contribution >= 0.6 is 23.5 Å². The summed E-state index contributed by atoms with van der Waals surface area (Å²) in [6.45, 7) is 6.25. The van der Waals surface area contributed by atoms with Gasteiger partial charge in [-0.25, -0.2) is 0 Å². The molecule has 32 heavy (non-hydrogen) atoms. The van der Waals surface area contributed by atoms with Crippen LogP contribution in [0.15, 0.2) is 60.7 Å². The molecule has 0 unspecified atom stereocenters. The summed E-state index contributed by atoms with van der Waals surface area (Å²) in [4.78, 5) is 0. The number of rotatable bonds is 9. The fourth-order valence-electron chi connectivity index (χ4n) is 4.24. The van der Waals surface area contributed by atoms with Crippen molar-refractivity contribution in [2.24, 2.45) is 0 Å². The van der Waals surface area contributed by atoms with Gasteiger partial charge in [0, 0.05) is 11.5 Å². The van der Waals surface area contributed by atoms with Crippen LogP contribution in [-0.4, -0.2) is 75.9 Å². The standard InChI is InChI=1S/C24H34O5S2Si/c1-24(2,3)32(17-10-6-4-7-11-17,18-12-8-5-9-13-18)29-16-19(25)20(26)21(27)22(28)23-30-14-15-31-23/h4-13,19-23,25-28H,14-16H2,1-3H3/t19-,20+,21+,22-/m1/s1. The molecule has 0 aliphatic carbocycles. The van der Waals surface area contributed by atoms with Crippen LogP contribution in [0.4, 0.5) is 0 Å². The number of hydrogen-bond acceptors (Lipinski definition) is 7. The highest BCUT2D eigenvalue weighted by Gasteiger charge is 2.50. The summed E-state index contributed by atoms with van der Waals surface area (Å²) in [5, 5.41) is 44.2. The molecule has 5 nitrogen and oxygen atoms in total. The maximum absolute atomic E-state index is 10.8. The molecule has 0 aromatic heterocycles. The average Bonchev–Trinajstić information content (AvgIpc) is 3.33. The van der Waals surface area contributed by atoms with Gasteiger partial charge in [-0.2, -0.15) is 0 Å². The SMILES string of the molecule is CC(C)(C)[Si](OC[C@@H](O)[C@H](O)[C@H](O)[C@@H](O)C1SCCS1)(c1ccccc1)c1ccccc1. The molecule has 8 heteroatoms. The normalized spacial score (nSPS) is 19.5. The van der Waals surface area contributed by atoms with E-state index in [9.17, 15) is 20.4 Å². The number of aliphatic hydroxyl groups is 4. The van der Waals surface area contributed by atoms with Gasteiger partial charge in [-0.3, -0.25) is 0 Å². The molecule has 1 aliphatic rings. The largest absolute Gasteiger partial charge is 0.405 e. The van der Waals surface area contributed by atoms with Crippen molar-refractivity contribution in [3.63, 3.8) is 0 Å². The summed E-state index contributed by atoms with van der Waals surface area (Å²) in [7, 11) is -2.87. The van der Waals surface area contributed by atoms with Gasteiger partial charge < -0.3 is 24.9 Å². The highest BCUT2D eigenvalue weighted by atomic mass is 32.2. The second kappa shape index (κ2) is 11.1. The van der Waals surface area contributed by atoms with Gasteiger partial charge in [0.1, 0.15) is 24.4 Å². The van der Waals surface area contributed by atoms with Crippen molar-refractivity contribution in [1.29, 1.82) is 0 Å². The third-order valence-electron chi connectivity index (χ3n) is 5.91. The van der Waals surface area contributed by atoms with Gasteiger partial charge in [0.2, 0.25) is 0 Å². The maximum atomic E-state index is 10.8. The second-order valence-corrected chi connectivity index (χ2v) is 16.2. The molecule has 1 saturated heterocycles. The summed E-state index contributed by atoms with van der Waals surface area (Å²) >= 11 is 3.12. The molecule has 2 aromatic rings. The molecule has 2 aromatic carbocycles. The van der Waals surface area contributed by atoms with Crippen LogP contribution in [0, 0.1) is 0 Å². The van der Waals surface area contributed by atoms with Crippen molar-refractivity contribution >= 4 is 42.2 Å². The summed E-state index contributed by atoms with van der Waals surface area (Å²) < 4.78 is 6.43. The fraction of sp³-hybridized carbons (Fsp3) is 0.500. The first-order valence-electron chi connectivity index (χ1n) is 10.9. The van der Waals surface area contributed by atoms with E-state index in [1.807, 2.05) is 36.4 Å². The molecule has 1 aliphatic heterocycles. The summed E-state index contributed by atoms with van der Waals surface area (Å²) in [6, 6.07) is 20.1. The third-order valence-corrected chi connectivity index (χ3v) is 14.1. The van der Waals surface area contributed by atoms with Crippen molar-refractivity contribution in [2.75, 3.05) is 18.1 Å². The van der Waals surface area contributed by atoms with Crippen LogP contribution in [0.25, 0.3) is 0 Å². The minimum absolute atomic E-state index is 0.150. The van der Waals surface area contributed by atoms with E-state index in [1.165, 1.54) is 0 Å². The Labute approximate surface area is 200 Å². The average molecular weight is 495 g/mol. The molecule has 0 bridgehead atoms. The summed E-state index contributed by atoms with van der Waals surface area (Å²) in [5.74, 6) is 1.80. The predicted octanol–water partition coefficient (Wildman–Crippen LogP) is 1.81. The molecule has 1 fully saturated rings. The van der Waals surface area contributed by atoms with E-state index in [0.717, 1.165) is 21.9 Å². The minimum Gasteiger partial charge on any atom is -0.405 e. The Kier molecular flexibility index (Phi) is 8.90. The van der Waals surface area contributed by atoms with Crippen molar-refractivity contribution in [2.45, 2.75) is 54.8 Å². The lowest BCUT2D eigenvalue weighted by Gasteiger charge is -2.43. The topological polar surface area (TPSA) is 90.2 Å². The Bertz CT molecular complexity index is 788. The summed E-state index contributed by atoms with van der Waals surface area (Å²) in [5.41, 5.74) is 0. The number of benzene rings is 2. The van der Waals surface area contributed by atoms with E-state index < -0.39 is 32.7 Å². The van der Waals surface area contributed by atoms with Crippen molar-refractivity contribution in [3.8, 4) is 0 Å². The van der Waals surface area contributed by atoms with Gasteiger partial charge in [-0.05, 0) is 15.4 Å². The highest BCUT2D eigenvalue weighted by Crippen LogP contribution is 2.38. The molecule has 3 rings (SSSR count). The van der Waals surface area contributed by atoms with Crippen molar-refractivity contribution < 1.29 is 24.9 Å². The van der Waals surface area contributed by atoms with Gasteiger partial charge in [-0.15, -0.1) is 23.5 Å². The van der Waals surface area contributed by atoms with Crippen molar-refractivity contribution in [3.05, 3.63) is 60.7 Å².